The topological polar surface area (TPSA) is 83.8 Å². The monoisotopic (exact) mass is 326 g/mol. The molecule has 0 heterocycles. The van der Waals surface area contributed by atoms with E-state index in [-0.39, 0.29) is 32.7 Å². The zero-order valence-corrected chi connectivity index (χ0v) is 11.9. The van der Waals surface area contributed by atoms with Crippen LogP contribution in [0.3, 0.4) is 0 Å². The van der Waals surface area contributed by atoms with Crippen molar-refractivity contribution in [1.29, 1.82) is 0 Å². The highest BCUT2D eigenvalue weighted by Gasteiger charge is 2.14. The Morgan fingerprint density at radius 3 is 2.14 bits per heavy atom. The molecular formula is C14H8Cl2O5. The second-order valence-electron chi connectivity index (χ2n) is 4.01. The molecule has 2 N–H and O–H groups in total. The molecule has 2 aromatic carbocycles. The number of hydrogen-bond donors (Lipinski definition) is 2. The number of rotatable bonds is 3. The lowest BCUT2D eigenvalue weighted by molar-refractivity contribution is 0.0696. The summed E-state index contributed by atoms with van der Waals surface area (Å²) in [5.41, 5.74) is 0.101. The highest BCUT2D eigenvalue weighted by atomic mass is 35.5. The number of carboxylic acid groups (broad SMARTS) is 1. The summed E-state index contributed by atoms with van der Waals surface area (Å²) in [6, 6.07) is 7.57. The van der Waals surface area contributed by atoms with Gasteiger partial charge in [-0.15, -0.1) is 0 Å². The lowest BCUT2D eigenvalue weighted by Gasteiger charge is -2.07. The smallest absolute Gasteiger partial charge is 0.343 e. The molecule has 0 spiro atoms. The van der Waals surface area contributed by atoms with Crippen LogP contribution in [0.5, 0.6) is 11.5 Å². The lowest BCUT2D eigenvalue weighted by Crippen LogP contribution is -2.09. The molecule has 0 aliphatic heterocycles. The maximum absolute atomic E-state index is 11.9. The Morgan fingerprint density at radius 2 is 1.57 bits per heavy atom. The number of carbonyl (C=O) groups is 2. The van der Waals surface area contributed by atoms with Gasteiger partial charge in [0.1, 0.15) is 11.5 Å². The largest absolute Gasteiger partial charge is 0.506 e. The standard InChI is InChI=1S/C14H8Cl2O5/c15-9-6-8(1-3-11(9)17)14(20)21-12-4-2-7(13(18)19)5-10(12)16/h1-6,17H,(H,18,19). The molecule has 0 bridgehead atoms. The molecular weight excluding hydrogens is 319 g/mol. The van der Waals surface area contributed by atoms with E-state index in [0.29, 0.717) is 0 Å². The van der Waals surface area contributed by atoms with Crippen molar-refractivity contribution in [3.63, 3.8) is 0 Å². The molecule has 7 heteroatoms. The predicted octanol–water partition coefficient (Wildman–Crippen LogP) is 3.62. The Balaban J connectivity index is 2.23. The molecule has 0 aromatic heterocycles. The first kappa shape index (κ1) is 15.2. The third-order valence-electron chi connectivity index (χ3n) is 2.56. The number of carbonyl (C=O) groups excluding carboxylic acids is 1. The van der Waals surface area contributed by atoms with Crippen molar-refractivity contribution in [2.75, 3.05) is 0 Å². The van der Waals surface area contributed by atoms with E-state index in [1.54, 1.807) is 0 Å². The van der Waals surface area contributed by atoms with Crippen molar-refractivity contribution >= 4 is 35.1 Å². The van der Waals surface area contributed by atoms with Crippen LogP contribution in [0.25, 0.3) is 0 Å². The summed E-state index contributed by atoms with van der Waals surface area (Å²) in [4.78, 5) is 22.7. The SMILES string of the molecule is O=C(O)c1ccc(OC(=O)c2ccc(O)c(Cl)c2)c(Cl)c1. The maximum Gasteiger partial charge on any atom is 0.343 e. The van der Waals surface area contributed by atoms with E-state index in [9.17, 15) is 14.7 Å². The molecule has 0 atom stereocenters. The van der Waals surface area contributed by atoms with Crippen LogP contribution in [0.1, 0.15) is 20.7 Å². The normalized spacial score (nSPS) is 10.2. The molecule has 2 rings (SSSR count). The number of aromatic carboxylic acids is 1. The number of carboxylic acids is 1. The van der Waals surface area contributed by atoms with Crippen LogP contribution in [-0.2, 0) is 0 Å². The van der Waals surface area contributed by atoms with Gasteiger partial charge >= 0.3 is 11.9 Å². The Labute approximate surface area is 129 Å². The zero-order chi connectivity index (χ0) is 15.6. The summed E-state index contributed by atoms with van der Waals surface area (Å²) in [7, 11) is 0. The molecule has 0 radical (unpaired) electrons. The van der Waals surface area contributed by atoms with E-state index in [4.69, 9.17) is 33.0 Å². The molecule has 0 aliphatic carbocycles. The Bertz CT molecular complexity index is 727. The van der Waals surface area contributed by atoms with E-state index in [2.05, 4.69) is 0 Å². The van der Waals surface area contributed by atoms with Gasteiger partial charge in [0, 0.05) is 0 Å². The number of phenols is 1. The summed E-state index contributed by atoms with van der Waals surface area (Å²) < 4.78 is 5.06. The van der Waals surface area contributed by atoms with Crippen molar-refractivity contribution in [2.45, 2.75) is 0 Å². The van der Waals surface area contributed by atoms with E-state index >= 15 is 0 Å². The van der Waals surface area contributed by atoms with Gasteiger partial charge in [-0.25, -0.2) is 9.59 Å². The maximum atomic E-state index is 11.9. The van der Waals surface area contributed by atoms with Gasteiger partial charge in [-0.3, -0.25) is 0 Å². The summed E-state index contributed by atoms with van der Waals surface area (Å²) in [5.74, 6) is -2.00. The Morgan fingerprint density at radius 1 is 0.952 bits per heavy atom. The van der Waals surface area contributed by atoms with Crippen LogP contribution in [0.4, 0.5) is 0 Å². The van der Waals surface area contributed by atoms with Crippen molar-refractivity contribution in [3.05, 3.63) is 57.6 Å². The fourth-order valence-corrected chi connectivity index (χ4v) is 1.91. The molecule has 0 aliphatic rings. The second-order valence-corrected chi connectivity index (χ2v) is 4.82. The lowest BCUT2D eigenvalue weighted by atomic mass is 10.2. The van der Waals surface area contributed by atoms with Crippen LogP contribution in [0.15, 0.2) is 36.4 Å². The summed E-state index contributed by atoms with van der Waals surface area (Å²) in [6.45, 7) is 0. The quantitative estimate of drug-likeness (QED) is 0.664. The van der Waals surface area contributed by atoms with Crippen molar-refractivity contribution in [2.24, 2.45) is 0 Å². The zero-order valence-electron chi connectivity index (χ0n) is 10.3. The van der Waals surface area contributed by atoms with E-state index in [1.807, 2.05) is 0 Å². The molecule has 21 heavy (non-hydrogen) atoms. The molecule has 0 saturated heterocycles. The molecule has 0 fully saturated rings. The number of phenolic OH excluding ortho intramolecular Hbond substituents is 1. The van der Waals surface area contributed by atoms with Crippen molar-refractivity contribution in [3.8, 4) is 11.5 Å². The summed E-state index contributed by atoms with van der Waals surface area (Å²) in [5, 5.41) is 18.1. The van der Waals surface area contributed by atoms with Crippen LogP contribution in [0.2, 0.25) is 10.0 Å². The van der Waals surface area contributed by atoms with Crippen LogP contribution < -0.4 is 4.74 Å². The summed E-state index contributed by atoms with van der Waals surface area (Å²) >= 11 is 11.6. The van der Waals surface area contributed by atoms with Gasteiger partial charge in [0.2, 0.25) is 0 Å². The van der Waals surface area contributed by atoms with Gasteiger partial charge in [-0.05, 0) is 36.4 Å². The average Bonchev–Trinajstić information content (AvgIpc) is 2.43. The highest BCUT2D eigenvalue weighted by molar-refractivity contribution is 6.33. The van der Waals surface area contributed by atoms with Crippen LogP contribution in [0, 0.1) is 0 Å². The van der Waals surface area contributed by atoms with E-state index in [1.165, 1.54) is 36.4 Å². The summed E-state index contributed by atoms with van der Waals surface area (Å²) in [6.07, 6.45) is 0. The number of aromatic hydroxyl groups is 1. The Kier molecular flexibility index (Phi) is 4.35. The first-order valence-corrected chi connectivity index (χ1v) is 6.37. The Hall–Kier alpha value is -2.24. The van der Waals surface area contributed by atoms with Gasteiger partial charge in [-0.1, -0.05) is 23.2 Å². The number of hydrogen-bond acceptors (Lipinski definition) is 4. The minimum atomic E-state index is -1.14. The molecule has 0 unspecified atom stereocenters. The first-order valence-electron chi connectivity index (χ1n) is 5.62. The predicted molar refractivity (Wildman–Crippen MR) is 76.5 cm³/mol. The van der Waals surface area contributed by atoms with Gasteiger partial charge in [0.25, 0.3) is 0 Å². The van der Waals surface area contributed by atoms with Crippen LogP contribution >= 0.6 is 23.2 Å². The van der Waals surface area contributed by atoms with Gasteiger partial charge in [0.05, 0.1) is 21.2 Å². The molecule has 0 amide bonds. The minimum Gasteiger partial charge on any atom is -0.506 e. The fraction of sp³-hybridized carbons (Fsp3) is 0. The molecule has 0 saturated carbocycles. The minimum absolute atomic E-state index is 0.00637. The van der Waals surface area contributed by atoms with Gasteiger partial charge < -0.3 is 14.9 Å². The fourth-order valence-electron chi connectivity index (χ4n) is 1.51. The molecule has 5 nitrogen and oxygen atoms in total. The number of halogens is 2. The van der Waals surface area contributed by atoms with E-state index in [0.717, 1.165) is 0 Å². The second kappa shape index (κ2) is 6.03. The third-order valence-corrected chi connectivity index (χ3v) is 3.16. The van der Waals surface area contributed by atoms with Gasteiger partial charge in [0.15, 0.2) is 0 Å². The average molecular weight is 327 g/mol. The third kappa shape index (κ3) is 3.45. The van der Waals surface area contributed by atoms with Crippen molar-refractivity contribution < 1.29 is 24.5 Å². The number of esters is 1. The highest BCUT2D eigenvalue weighted by Crippen LogP contribution is 2.28. The van der Waals surface area contributed by atoms with Crippen molar-refractivity contribution in [1.82, 2.24) is 0 Å². The number of ether oxygens (including phenoxy) is 1. The van der Waals surface area contributed by atoms with Crippen LogP contribution in [-0.4, -0.2) is 22.2 Å². The number of benzene rings is 2. The van der Waals surface area contributed by atoms with E-state index < -0.39 is 11.9 Å². The molecule has 2 aromatic rings. The van der Waals surface area contributed by atoms with Gasteiger partial charge in [-0.2, -0.15) is 0 Å². The first-order chi connectivity index (χ1) is 9.88. The molecule has 108 valence electrons.